The molecule has 18 heavy (non-hydrogen) atoms. The van der Waals surface area contributed by atoms with E-state index in [1.807, 2.05) is 0 Å². The lowest BCUT2D eigenvalue weighted by Crippen LogP contribution is -2.21. The number of rotatable bonds is 3. The lowest BCUT2D eigenvalue weighted by atomic mass is 10.1. The molecule has 0 aliphatic carbocycles. The molecule has 0 radical (unpaired) electrons. The first-order chi connectivity index (χ1) is 8.37. The molecule has 1 aliphatic rings. The predicted octanol–water partition coefficient (Wildman–Crippen LogP) is 1.93. The summed E-state index contributed by atoms with van der Waals surface area (Å²) >= 11 is 0. The van der Waals surface area contributed by atoms with Gasteiger partial charge in [0.1, 0.15) is 0 Å². The van der Waals surface area contributed by atoms with E-state index in [9.17, 15) is 17.2 Å². The third-order valence-electron chi connectivity index (χ3n) is 2.58. The van der Waals surface area contributed by atoms with E-state index in [0.29, 0.717) is 0 Å². The van der Waals surface area contributed by atoms with Crippen LogP contribution in [0.2, 0.25) is 0 Å². The molecule has 0 saturated heterocycles. The average molecular weight is 274 g/mol. The lowest BCUT2D eigenvalue weighted by Gasteiger charge is -2.15. The smallest absolute Gasteiger partial charge is 0.265 e. The normalized spacial score (nSPS) is 21.4. The Morgan fingerprint density at radius 2 is 2.11 bits per heavy atom. The largest absolute Gasteiger partial charge is 0.399 e. The first-order valence-corrected chi connectivity index (χ1v) is 6.94. The first kappa shape index (κ1) is 12.8. The quantitative estimate of drug-likeness (QED) is 0.826. The van der Waals surface area contributed by atoms with Gasteiger partial charge >= 0.3 is 0 Å². The standard InChI is InChI=1S/C11H12F2N2O2S/c12-11(13)9-5-7(14)1-2-10(9)15-8-3-4-18(16,17)6-8/h1-5,8,11,15H,6,14H2. The fraction of sp³-hybridized carbons (Fsp3) is 0.273. The van der Waals surface area contributed by atoms with Gasteiger partial charge in [0.15, 0.2) is 9.84 Å². The van der Waals surface area contributed by atoms with Crippen LogP contribution in [0.15, 0.2) is 29.7 Å². The number of nitrogens with one attached hydrogen (secondary N) is 1. The molecule has 98 valence electrons. The maximum atomic E-state index is 12.8. The fourth-order valence-corrected chi connectivity index (χ4v) is 2.99. The molecule has 0 aromatic heterocycles. The summed E-state index contributed by atoms with van der Waals surface area (Å²) in [7, 11) is -3.21. The summed E-state index contributed by atoms with van der Waals surface area (Å²) in [4.78, 5) is 0. The van der Waals surface area contributed by atoms with Crippen LogP contribution in [-0.2, 0) is 9.84 Å². The second-order valence-electron chi connectivity index (χ2n) is 4.06. The monoisotopic (exact) mass is 274 g/mol. The zero-order chi connectivity index (χ0) is 13.3. The molecule has 1 aliphatic heterocycles. The number of nitrogens with two attached hydrogens (primary N) is 1. The first-order valence-electron chi connectivity index (χ1n) is 5.22. The number of hydrogen-bond donors (Lipinski definition) is 2. The number of nitrogen functional groups attached to an aromatic ring is 1. The highest BCUT2D eigenvalue weighted by atomic mass is 32.2. The van der Waals surface area contributed by atoms with Crippen LogP contribution in [0.5, 0.6) is 0 Å². The number of alkyl halides is 2. The zero-order valence-corrected chi connectivity index (χ0v) is 10.1. The van der Waals surface area contributed by atoms with Gasteiger partial charge in [-0.15, -0.1) is 0 Å². The van der Waals surface area contributed by atoms with Crippen LogP contribution in [0.1, 0.15) is 12.0 Å². The molecule has 1 unspecified atom stereocenters. The Bertz CT molecular complexity index is 585. The van der Waals surface area contributed by atoms with Crippen LogP contribution in [-0.4, -0.2) is 20.2 Å². The Balaban J connectivity index is 2.22. The lowest BCUT2D eigenvalue weighted by molar-refractivity contribution is 0.152. The molecular weight excluding hydrogens is 262 g/mol. The Kier molecular flexibility index (Phi) is 3.25. The Hall–Kier alpha value is -1.63. The van der Waals surface area contributed by atoms with Crippen molar-refractivity contribution in [1.29, 1.82) is 0 Å². The van der Waals surface area contributed by atoms with Gasteiger partial charge in [0.05, 0.1) is 11.8 Å². The van der Waals surface area contributed by atoms with Gasteiger partial charge in [-0.1, -0.05) is 6.08 Å². The van der Waals surface area contributed by atoms with E-state index in [2.05, 4.69) is 5.32 Å². The van der Waals surface area contributed by atoms with Crippen molar-refractivity contribution in [3.8, 4) is 0 Å². The summed E-state index contributed by atoms with van der Waals surface area (Å²) in [6, 6.07) is 3.60. The molecule has 1 aromatic carbocycles. The Labute approximate surface area is 103 Å². The SMILES string of the molecule is Nc1ccc(NC2C=CS(=O)(=O)C2)c(C(F)F)c1. The van der Waals surface area contributed by atoms with Crippen molar-refractivity contribution in [3.63, 3.8) is 0 Å². The number of benzene rings is 1. The molecule has 0 spiro atoms. The summed E-state index contributed by atoms with van der Waals surface area (Å²) in [5, 5.41) is 3.86. The molecule has 0 fully saturated rings. The van der Waals surface area contributed by atoms with Crippen molar-refractivity contribution in [2.45, 2.75) is 12.5 Å². The van der Waals surface area contributed by atoms with E-state index < -0.39 is 22.3 Å². The maximum absolute atomic E-state index is 12.8. The number of hydrogen-bond acceptors (Lipinski definition) is 4. The summed E-state index contributed by atoms with van der Waals surface area (Å²) in [5.41, 5.74) is 5.66. The topological polar surface area (TPSA) is 72.2 Å². The van der Waals surface area contributed by atoms with Crippen LogP contribution in [0.3, 0.4) is 0 Å². The van der Waals surface area contributed by atoms with Crippen molar-refractivity contribution in [2.75, 3.05) is 16.8 Å². The summed E-state index contributed by atoms with van der Waals surface area (Å²) in [6.45, 7) is 0. The highest BCUT2D eigenvalue weighted by Crippen LogP contribution is 2.30. The van der Waals surface area contributed by atoms with Crippen molar-refractivity contribution in [2.24, 2.45) is 0 Å². The van der Waals surface area contributed by atoms with E-state index in [4.69, 9.17) is 5.73 Å². The van der Waals surface area contributed by atoms with Gasteiger partial charge in [-0.05, 0) is 18.2 Å². The maximum Gasteiger partial charge on any atom is 0.265 e. The predicted molar refractivity (Wildman–Crippen MR) is 66.1 cm³/mol. The second-order valence-corrected chi connectivity index (χ2v) is 5.99. The Morgan fingerprint density at radius 1 is 1.39 bits per heavy atom. The van der Waals surface area contributed by atoms with Crippen LogP contribution in [0, 0.1) is 0 Å². The van der Waals surface area contributed by atoms with Crippen molar-refractivity contribution in [1.82, 2.24) is 0 Å². The average Bonchev–Trinajstić information content (AvgIpc) is 2.60. The summed E-state index contributed by atoms with van der Waals surface area (Å²) < 4.78 is 48.0. The minimum atomic E-state index is -3.21. The minimum absolute atomic E-state index is 0.125. The van der Waals surface area contributed by atoms with Gasteiger partial charge in [0, 0.05) is 22.3 Å². The zero-order valence-electron chi connectivity index (χ0n) is 9.31. The van der Waals surface area contributed by atoms with E-state index in [1.54, 1.807) is 0 Å². The van der Waals surface area contributed by atoms with Crippen LogP contribution in [0.25, 0.3) is 0 Å². The van der Waals surface area contributed by atoms with Gasteiger partial charge < -0.3 is 11.1 Å². The van der Waals surface area contributed by atoms with Crippen LogP contribution >= 0.6 is 0 Å². The molecule has 0 bridgehead atoms. The van der Waals surface area contributed by atoms with E-state index in [1.165, 1.54) is 24.3 Å². The van der Waals surface area contributed by atoms with Gasteiger partial charge in [0.25, 0.3) is 6.43 Å². The van der Waals surface area contributed by atoms with Crippen molar-refractivity contribution in [3.05, 3.63) is 35.2 Å². The molecule has 1 aromatic rings. The number of sulfone groups is 1. The Morgan fingerprint density at radius 3 is 2.67 bits per heavy atom. The summed E-state index contributed by atoms with van der Waals surface area (Å²) in [5.74, 6) is -0.125. The highest BCUT2D eigenvalue weighted by Gasteiger charge is 2.23. The molecule has 7 heteroatoms. The highest BCUT2D eigenvalue weighted by molar-refractivity contribution is 7.94. The van der Waals surface area contributed by atoms with Crippen molar-refractivity contribution >= 4 is 21.2 Å². The molecule has 0 saturated carbocycles. The molecule has 3 N–H and O–H groups in total. The van der Waals surface area contributed by atoms with E-state index in [-0.39, 0.29) is 22.7 Å². The van der Waals surface area contributed by atoms with Gasteiger partial charge in [0.2, 0.25) is 0 Å². The van der Waals surface area contributed by atoms with Gasteiger partial charge in [-0.2, -0.15) is 0 Å². The fourth-order valence-electron chi connectivity index (χ4n) is 1.76. The van der Waals surface area contributed by atoms with Crippen LogP contribution < -0.4 is 11.1 Å². The van der Waals surface area contributed by atoms with E-state index >= 15 is 0 Å². The molecule has 0 amide bonds. The van der Waals surface area contributed by atoms with Gasteiger partial charge in [-0.25, -0.2) is 17.2 Å². The van der Waals surface area contributed by atoms with E-state index in [0.717, 1.165) is 5.41 Å². The minimum Gasteiger partial charge on any atom is -0.399 e. The number of halogens is 2. The third kappa shape index (κ3) is 2.79. The summed E-state index contributed by atoms with van der Waals surface area (Å²) in [6.07, 6.45) is -1.22. The third-order valence-corrected chi connectivity index (χ3v) is 3.98. The molecule has 1 heterocycles. The van der Waals surface area contributed by atoms with Gasteiger partial charge in [-0.3, -0.25) is 0 Å². The molecular formula is C11H12F2N2O2S. The second kappa shape index (κ2) is 4.56. The molecule has 1 atom stereocenters. The van der Waals surface area contributed by atoms with Crippen molar-refractivity contribution < 1.29 is 17.2 Å². The van der Waals surface area contributed by atoms with Crippen LogP contribution in [0.4, 0.5) is 20.2 Å². The molecule has 2 rings (SSSR count). The molecule has 4 nitrogen and oxygen atoms in total. The number of anilines is 2.